The van der Waals surface area contributed by atoms with Crippen LogP contribution in [0.1, 0.15) is 30.5 Å². The molecule has 5 heteroatoms. The van der Waals surface area contributed by atoms with Gasteiger partial charge in [0.2, 0.25) is 5.95 Å². The van der Waals surface area contributed by atoms with Gasteiger partial charge in [0.05, 0.1) is 0 Å². The number of hydrogen-bond donors (Lipinski definition) is 1. The molecule has 0 spiro atoms. The molecule has 0 unspecified atom stereocenters. The number of piperidine rings is 1. The lowest BCUT2D eigenvalue weighted by molar-refractivity contribution is 0.573. The first-order chi connectivity index (χ1) is 10.7. The van der Waals surface area contributed by atoms with Gasteiger partial charge in [-0.1, -0.05) is 29.8 Å². The number of rotatable bonds is 4. The number of halogens is 1. The van der Waals surface area contributed by atoms with Gasteiger partial charge < -0.3 is 10.2 Å². The maximum absolute atomic E-state index is 6.19. The predicted molar refractivity (Wildman–Crippen MR) is 91.6 cm³/mol. The number of aromatic nitrogens is 2. The summed E-state index contributed by atoms with van der Waals surface area (Å²) in [6, 6.07) is 9.89. The van der Waals surface area contributed by atoms with Crippen LogP contribution in [-0.4, -0.2) is 23.1 Å². The molecule has 1 fully saturated rings. The monoisotopic (exact) mass is 316 g/mol. The van der Waals surface area contributed by atoms with Crippen molar-refractivity contribution in [2.75, 3.05) is 23.3 Å². The molecule has 0 bridgehead atoms. The van der Waals surface area contributed by atoms with E-state index in [1.54, 1.807) is 0 Å². The maximum atomic E-state index is 6.19. The number of nitrogens with one attached hydrogen (secondary N) is 1. The number of nitrogens with zero attached hydrogens (tertiary/aromatic N) is 3. The molecule has 0 amide bonds. The van der Waals surface area contributed by atoms with E-state index in [1.165, 1.54) is 19.3 Å². The second-order valence-electron chi connectivity index (χ2n) is 5.68. The first kappa shape index (κ1) is 15.1. The van der Waals surface area contributed by atoms with Crippen LogP contribution in [0.2, 0.25) is 5.02 Å². The van der Waals surface area contributed by atoms with Crippen molar-refractivity contribution in [2.24, 2.45) is 0 Å². The zero-order valence-electron chi connectivity index (χ0n) is 12.8. The van der Waals surface area contributed by atoms with Crippen molar-refractivity contribution in [1.82, 2.24) is 9.97 Å². The van der Waals surface area contributed by atoms with E-state index in [2.05, 4.69) is 26.3 Å². The third kappa shape index (κ3) is 3.69. The summed E-state index contributed by atoms with van der Waals surface area (Å²) in [5.41, 5.74) is 2.03. The smallest absolute Gasteiger partial charge is 0.225 e. The van der Waals surface area contributed by atoms with Crippen LogP contribution in [0.15, 0.2) is 30.3 Å². The van der Waals surface area contributed by atoms with Gasteiger partial charge in [0.1, 0.15) is 5.82 Å². The zero-order chi connectivity index (χ0) is 15.4. The van der Waals surface area contributed by atoms with Crippen molar-refractivity contribution in [3.63, 3.8) is 0 Å². The highest BCUT2D eigenvalue weighted by Gasteiger charge is 2.13. The second-order valence-corrected chi connectivity index (χ2v) is 6.09. The molecule has 2 heterocycles. The lowest BCUT2D eigenvalue weighted by Crippen LogP contribution is -2.30. The van der Waals surface area contributed by atoms with Crippen molar-refractivity contribution in [3.8, 4) is 0 Å². The Balaban J connectivity index is 1.73. The van der Waals surface area contributed by atoms with Crippen molar-refractivity contribution in [3.05, 3.63) is 46.6 Å². The Hall–Kier alpha value is -1.81. The molecular weight excluding hydrogens is 296 g/mol. The van der Waals surface area contributed by atoms with Crippen LogP contribution in [0, 0.1) is 6.92 Å². The van der Waals surface area contributed by atoms with Crippen LogP contribution < -0.4 is 10.2 Å². The molecule has 2 aromatic rings. The third-order valence-corrected chi connectivity index (χ3v) is 4.28. The van der Waals surface area contributed by atoms with E-state index < -0.39 is 0 Å². The summed E-state index contributed by atoms with van der Waals surface area (Å²) in [6.45, 7) is 4.80. The van der Waals surface area contributed by atoms with Crippen LogP contribution >= 0.6 is 11.6 Å². The first-order valence-electron chi connectivity index (χ1n) is 7.80. The minimum absolute atomic E-state index is 0.628. The molecule has 0 atom stereocenters. The van der Waals surface area contributed by atoms with Gasteiger partial charge in [-0.2, -0.15) is 4.98 Å². The van der Waals surface area contributed by atoms with E-state index in [0.717, 1.165) is 35.2 Å². The van der Waals surface area contributed by atoms with Gasteiger partial charge >= 0.3 is 0 Å². The minimum atomic E-state index is 0.628. The molecule has 1 aromatic carbocycles. The van der Waals surface area contributed by atoms with Gasteiger partial charge in [0, 0.05) is 36.4 Å². The van der Waals surface area contributed by atoms with Crippen LogP contribution in [0.4, 0.5) is 11.8 Å². The van der Waals surface area contributed by atoms with E-state index in [1.807, 2.05) is 31.2 Å². The highest BCUT2D eigenvalue weighted by Crippen LogP contribution is 2.21. The van der Waals surface area contributed by atoms with Crippen LogP contribution in [0.3, 0.4) is 0 Å². The lowest BCUT2D eigenvalue weighted by Gasteiger charge is -2.28. The molecule has 3 rings (SSSR count). The summed E-state index contributed by atoms with van der Waals surface area (Å²) in [4.78, 5) is 11.5. The van der Waals surface area contributed by atoms with Gasteiger partial charge in [0.25, 0.3) is 0 Å². The van der Waals surface area contributed by atoms with Crippen molar-refractivity contribution < 1.29 is 0 Å². The molecule has 116 valence electrons. The zero-order valence-corrected chi connectivity index (χ0v) is 13.6. The molecule has 1 aliphatic rings. The normalized spacial score (nSPS) is 14.9. The largest absolute Gasteiger partial charge is 0.356 e. The molecule has 0 aliphatic carbocycles. The third-order valence-electron chi connectivity index (χ3n) is 3.92. The Bertz CT molecular complexity index is 638. The molecular formula is C17H21ClN4. The van der Waals surface area contributed by atoms with Crippen LogP contribution in [0.5, 0.6) is 0 Å². The Labute approximate surface area is 136 Å². The van der Waals surface area contributed by atoms with Gasteiger partial charge in [0.15, 0.2) is 0 Å². The average molecular weight is 317 g/mol. The fourth-order valence-corrected chi connectivity index (χ4v) is 2.93. The van der Waals surface area contributed by atoms with Gasteiger partial charge in [-0.25, -0.2) is 4.98 Å². The molecule has 22 heavy (non-hydrogen) atoms. The van der Waals surface area contributed by atoms with Crippen LogP contribution in [-0.2, 0) is 6.54 Å². The summed E-state index contributed by atoms with van der Waals surface area (Å²) >= 11 is 6.19. The van der Waals surface area contributed by atoms with E-state index in [-0.39, 0.29) is 0 Å². The fourth-order valence-electron chi connectivity index (χ4n) is 2.73. The molecule has 1 aromatic heterocycles. The van der Waals surface area contributed by atoms with Crippen molar-refractivity contribution >= 4 is 23.4 Å². The first-order valence-corrected chi connectivity index (χ1v) is 8.18. The Morgan fingerprint density at radius 2 is 1.91 bits per heavy atom. The number of anilines is 2. The van der Waals surface area contributed by atoms with Gasteiger partial charge in [-0.3, -0.25) is 0 Å². The average Bonchev–Trinajstić information content (AvgIpc) is 2.54. The summed E-state index contributed by atoms with van der Waals surface area (Å²) in [5.74, 6) is 1.69. The number of aryl methyl sites for hydroxylation is 1. The topological polar surface area (TPSA) is 41.1 Å². The maximum Gasteiger partial charge on any atom is 0.225 e. The number of hydrogen-bond acceptors (Lipinski definition) is 4. The van der Waals surface area contributed by atoms with E-state index in [4.69, 9.17) is 11.6 Å². The van der Waals surface area contributed by atoms with E-state index in [0.29, 0.717) is 12.5 Å². The summed E-state index contributed by atoms with van der Waals surface area (Å²) in [5, 5.41) is 4.05. The summed E-state index contributed by atoms with van der Waals surface area (Å²) in [6.07, 6.45) is 3.80. The Morgan fingerprint density at radius 3 is 2.68 bits per heavy atom. The Morgan fingerprint density at radius 1 is 1.14 bits per heavy atom. The molecule has 1 aliphatic heterocycles. The van der Waals surface area contributed by atoms with Crippen molar-refractivity contribution in [2.45, 2.75) is 32.7 Å². The van der Waals surface area contributed by atoms with Crippen molar-refractivity contribution in [1.29, 1.82) is 0 Å². The molecule has 1 N–H and O–H groups in total. The van der Waals surface area contributed by atoms with Gasteiger partial charge in [-0.05, 0) is 37.8 Å². The summed E-state index contributed by atoms with van der Waals surface area (Å²) in [7, 11) is 0. The van der Waals surface area contributed by atoms with E-state index in [9.17, 15) is 0 Å². The lowest BCUT2D eigenvalue weighted by atomic mass is 10.1. The Kier molecular flexibility index (Phi) is 4.78. The van der Waals surface area contributed by atoms with Crippen LogP contribution in [0.25, 0.3) is 0 Å². The number of benzene rings is 1. The minimum Gasteiger partial charge on any atom is -0.356 e. The standard InChI is InChI=1S/C17H21ClN4/c1-13-11-16(22-9-5-2-6-10-22)21-17(20-13)19-12-14-7-3-4-8-15(14)18/h3-4,7-8,11H,2,5-6,9-10,12H2,1H3,(H,19,20,21). The van der Waals surface area contributed by atoms with Gasteiger partial charge in [-0.15, -0.1) is 0 Å². The van der Waals surface area contributed by atoms with E-state index >= 15 is 0 Å². The highest BCUT2D eigenvalue weighted by atomic mass is 35.5. The predicted octanol–water partition coefficient (Wildman–Crippen LogP) is 4.04. The molecule has 0 radical (unpaired) electrons. The SMILES string of the molecule is Cc1cc(N2CCCCC2)nc(NCc2ccccc2Cl)n1. The molecule has 4 nitrogen and oxygen atoms in total. The quantitative estimate of drug-likeness (QED) is 0.924. The molecule has 0 saturated carbocycles. The highest BCUT2D eigenvalue weighted by molar-refractivity contribution is 6.31. The summed E-state index contributed by atoms with van der Waals surface area (Å²) < 4.78 is 0. The molecule has 1 saturated heterocycles. The fraction of sp³-hybridized carbons (Fsp3) is 0.412. The second kappa shape index (κ2) is 6.97.